The Kier molecular flexibility index (Phi) is 2.50. The summed E-state index contributed by atoms with van der Waals surface area (Å²) in [4.78, 5) is 0. The molecule has 126 valence electrons. The molecular weight excluding hydrogens is 445 g/mol. The number of hydrogen-bond donors (Lipinski definition) is 0. The van der Waals surface area contributed by atoms with Crippen molar-refractivity contribution in [2.75, 3.05) is 0 Å². The fourth-order valence-corrected chi connectivity index (χ4v) is 5.34. The molecule has 0 bridgehead atoms. The summed E-state index contributed by atoms with van der Waals surface area (Å²) < 4.78 is 10.0. The SMILES string of the molecule is Ic1cc2c3ccccc3n3c2c(c1)c1ccc2c4ccccc4oc2c13. The van der Waals surface area contributed by atoms with Crippen LogP contribution in [-0.2, 0) is 0 Å². The van der Waals surface area contributed by atoms with Crippen molar-refractivity contribution in [2.45, 2.75) is 0 Å². The second-order valence-electron chi connectivity index (χ2n) is 7.14. The van der Waals surface area contributed by atoms with Crippen LogP contribution in [0.1, 0.15) is 0 Å². The maximum Gasteiger partial charge on any atom is 0.160 e. The third-order valence-electron chi connectivity index (χ3n) is 5.77. The fraction of sp³-hybridized carbons (Fsp3) is 0. The van der Waals surface area contributed by atoms with E-state index in [2.05, 4.69) is 93.7 Å². The zero-order valence-electron chi connectivity index (χ0n) is 14.2. The molecule has 7 aromatic rings. The predicted octanol–water partition coefficient (Wildman–Crippen LogP) is 7.34. The molecule has 0 unspecified atom stereocenters. The Labute approximate surface area is 167 Å². The molecule has 3 heteroatoms. The first-order valence-corrected chi connectivity index (χ1v) is 10.1. The lowest BCUT2D eigenvalue weighted by Crippen LogP contribution is -1.80. The van der Waals surface area contributed by atoms with Crippen molar-refractivity contribution in [1.29, 1.82) is 0 Å². The van der Waals surface area contributed by atoms with E-state index in [9.17, 15) is 0 Å². The minimum absolute atomic E-state index is 0.944. The lowest BCUT2D eigenvalue weighted by atomic mass is 10.1. The molecule has 0 radical (unpaired) electrons. The number of aromatic nitrogens is 1. The molecule has 0 amide bonds. The zero-order valence-corrected chi connectivity index (χ0v) is 16.3. The number of fused-ring (bicyclic) bond motifs is 10. The van der Waals surface area contributed by atoms with E-state index in [0.717, 1.165) is 11.2 Å². The summed E-state index contributed by atoms with van der Waals surface area (Å²) >= 11 is 2.43. The highest BCUT2D eigenvalue weighted by Crippen LogP contribution is 2.43. The Balaban J connectivity index is 1.91. The molecule has 3 aromatic heterocycles. The van der Waals surface area contributed by atoms with Crippen molar-refractivity contribution >= 4 is 82.6 Å². The van der Waals surface area contributed by atoms with Crippen molar-refractivity contribution in [3.8, 4) is 0 Å². The maximum absolute atomic E-state index is 6.38. The minimum Gasteiger partial charge on any atom is -0.454 e. The highest BCUT2D eigenvalue weighted by Gasteiger charge is 2.21. The van der Waals surface area contributed by atoms with Crippen LogP contribution in [-0.4, -0.2) is 4.40 Å². The summed E-state index contributed by atoms with van der Waals surface area (Å²) in [5.74, 6) is 0. The molecular formula is C24H12INO. The van der Waals surface area contributed by atoms with Gasteiger partial charge in [-0.3, -0.25) is 0 Å². The van der Waals surface area contributed by atoms with E-state index in [1.54, 1.807) is 0 Å². The summed E-state index contributed by atoms with van der Waals surface area (Å²) in [6.07, 6.45) is 0. The average Bonchev–Trinajstić information content (AvgIpc) is 3.33. The van der Waals surface area contributed by atoms with Gasteiger partial charge in [-0.1, -0.05) is 42.5 Å². The Morgan fingerprint density at radius 3 is 2.22 bits per heavy atom. The van der Waals surface area contributed by atoms with Crippen LogP contribution in [0.2, 0.25) is 0 Å². The van der Waals surface area contributed by atoms with Gasteiger partial charge in [0.2, 0.25) is 0 Å². The minimum atomic E-state index is 0.944. The van der Waals surface area contributed by atoms with E-state index in [4.69, 9.17) is 4.42 Å². The molecule has 4 aromatic carbocycles. The van der Waals surface area contributed by atoms with Crippen molar-refractivity contribution in [1.82, 2.24) is 4.40 Å². The van der Waals surface area contributed by atoms with Gasteiger partial charge < -0.3 is 8.82 Å². The quantitative estimate of drug-likeness (QED) is 0.218. The monoisotopic (exact) mass is 457 g/mol. The van der Waals surface area contributed by atoms with Crippen LogP contribution in [0, 0.1) is 3.57 Å². The smallest absolute Gasteiger partial charge is 0.160 e. The van der Waals surface area contributed by atoms with Gasteiger partial charge in [0.25, 0.3) is 0 Å². The average molecular weight is 457 g/mol. The van der Waals surface area contributed by atoms with E-state index in [-0.39, 0.29) is 0 Å². The molecule has 0 aliphatic rings. The predicted molar refractivity (Wildman–Crippen MR) is 121 cm³/mol. The van der Waals surface area contributed by atoms with Crippen LogP contribution in [0.25, 0.3) is 60.0 Å². The van der Waals surface area contributed by atoms with Crippen LogP contribution in [0.15, 0.2) is 77.2 Å². The molecule has 0 aliphatic carbocycles. The third-order valence-corrected chi connectivity index (χ3v) is 6.39. The third kappa shape index (κ3) is 1.62. The van der Waals surface area contributed by atoms with Crippen LogP contribution in [0.5, 0.6) is 0 Å². The van der Waals surface area contributed by atoms with Gasteiger partial charge in [-0.05, 0) is 52.9 Å². The Bertz CT molecular complexity index is 1690. The van der Waals surface area contributed by atoms with Crippen molar-refractivity contribution in [2.24, 2.45) is 0 Å². The van der Waals surface area contributed by atoms with E-state index in [1.165, 1.54) is 52.4 Å². The van der Waals surface area contributed by atoms with E-state index >= 15 is 0 Å². The summed E-state index contributed by atoms with van der Waals surface area (Å²) in [5.41, 5.74) is 5.62. The molecule has 27 heavy (non-hydrogen) atoms. The molecule has 0 N–H and O–H groups in total. The summed E-state index contributed by atoms with van der Waals surface area (Å²) in [6, 6.07) is 26.0. The first-order valence-electron chi connectivity index (χ1n) is 8.99. The summed E-state index contributed by atoms with van der Waals surface area (Å²) in [6.45, 7) is 0. The lowest BCUT2D eigenvalue weighted by molar-refractivity contribution is 0.671. The molecule has 0 spiro atoms. The number of nitrogens with zero attached hydrogens (tertiary/aromatic N) is 1. The highest BCUT2D eigenvalue weighted by atomic mass is 127. The Morgan fingerprint density at radius 1 is 0.630 bits per heavy atom. The largest absolute Gasteiger partial charge is 0.454 e. The second kappa shape index (κ2) is 4.73. The van der Waals surface area contributed by atoms with Crippen LogP contribution in [0.4, 0.5) is 0 Å². The molecule has 7 rings (SSSR count). The van der Waals surface area contributed by atoms with Crippen LogP contribution in [0.3, 0.4) is 0 Å². The molecule has 0 fully saturated rings. The fourth-order valence-electron chi connectivity index (χ4n) is 4.71. The van der Waals surface area contributed by atoms with E-state index in [0.29, 0.717) is 0 Å². The number of benzene rings is 4. The number of rotatable bonds is 0. The van der Waals surface area contributed by atoms with Gasteiger partial charge >= 0.3 is 0 Å². The van der Waals surface area contributed by atoms with Gasteiger partial charge in [0.15, 0.2) is 5.58 Å². The molecule has 0 aliphatic heterocycles. The maximum atomic E-state index is 6.38. The number of halogens is 1. The number of hydrogen-bond acceptors (Lipinski definition) is 1. The Morgan fingerprint density at radius 2 is 1.33 bits per heavy atom. The highest BCUT2D eigenvalue weighted by molar-refractivity contribution is 14.1. The van der Waals surface area contributed by atoms with Gasteiger partial charge in [-0.15, -0.1) is 0 Å². The molecule has 0 saturated carbocycles. The normalized spacial score (nSPS) is 12.6. The van der Waals surface area contributed by atoms with E-state index in [1.807, 2.05) is 6.07 Å². The second-order valence-corrected chi connectivity index (χ2v) is 8.38. The van der Waals surface area contributed by atoms with Crippen LogP contribution >= 0.6 is 22.6 Å². The summed E-state index contributed by atoms with van der Waals surface area (Å²) in [7, 11) is 0. The van der Waals surface area contributed by atoms with Gasteiger partial charge in [-0.25, -0.2) is 0 Å². The van der Waals surface area contributed by atoms with Gasteiger partial charge in [-0.2, -0.15) is 0 Å². The zero-order chi connectivity index (χ0) is 17.7. The number of furan rings is 1. The molecule has 2 nitrogen and oxygen atoms in total. The molecule has 3 heterocycles. The molecule has 0 atom stereocenters. The van der Waals surface area contributed by atoms with Gasteiger partial charge in [0, 0.05) is 35.9 Å². The van der Waals surface area contributed by atoms with E-state index < -0.39 is 0 Å². The first-order chi connectivity index (χ1) is 13.3. The lowest BCUT2D eigenvalue weighted by Gasteiger charge is -1.99. The van der Waals surface area contributed by atoms with Gasteiger partial charge in [0.1, 0.15) is 5.58 Å². The standard InChI is InChI=1S/C24H12INO/c25-13-11-18-14-5-1-3-7-20(14)26-22(18)19(12-13)16-9-10-17-15-6-2-4-8-21(15)27-24(17)23(16)26/h1-12H. The molecule has 0 saturated heterocycles. The topological polar surface area (TPSA) is 17.6 Å². The van der Waals surface area contributed by atoms with Crippen molar-refractivity contribution in [3.63, 3.8) is 0 Å². The Hall–Kier alpha value is -2.79. The summed E-state index contributed by atoms with van der Waals surface area (Å²) in [5, 5.41) is 7.52. The number of para-hydroxylation sites is 2. The first kappa shape index (κ1) is 14.3. The van der Waals surface area contributed by atoms with Crippen LogP contribution < -0.4 is 0 Å². The van der Waals surface area contributed by atoms with Crippen molar-refractivity contribution in [3.05, 3.63) is 76.4 Å². The van der Waals surface area contributed by atoms with Gasteiger partial charge in [0.05, 0.1) is 16.6 Å². The van der Waals surface area contributed by atoms with Crippen molar-refractivity contribution < 1.29 is 4.42 Å².